The van der Waals surface area contributed by atoms with Gasteiger partial charge in [0.25, 0.3) is 0 Å². The minimum absolute atomic E-state index is 0.0211. The molecule has 7 nitrogen and oxygen atoms in total. The average Bonchev–Trinajstić information content (AvgIpc) is 3.23. The van der Waals surface area contributed by atoms with Crippen LogP contribution in [0.4, 0.5) is 11.8 Å². The summed E-state index contributed by atoms with van der Waals surface area (Å²) < 4.78 is 5.36. The number of hydrogen-bond acceptors (Lipinski definition) is 6. The Kier molecular flexibility index (Phi) is 5.27. The second kappa shape index (κ2) is 7.59. The number of hydrogen-bond donors (Lipinski definition) is 2. The zero-order valence-corrected chi connectivity index (χ0v) is 13.7. The van der Waals surface area contributed by atoms with Crippen LogP contribution in [-0.4, -0.2) is 54.8 Å². The summed E-state index contributed by atoms with van der Waals surface area (Å²) in [6, 6.07) is 2.02. The predicted molar refractivity (Wildman–Crippen MR) is 88.7 cm³/mol. The molecule has 0 saturated carbocycles. The monoisotopic (exact) mass is 319 g/mol. The first kappa shape index (κ1) is 16.0. The van der Waals surface area contributed by atoms with Gasteiger partial charge < -0.3 is 20.3 Å². The minimum Gasteiger partial charge on any atom is -0.368 e. The Morgan fingerprint density at radius 2 is 2.13 bits per heavy atom. The second-order valence-corrected chi connectivity index (χ2v) is 6.10. The molecular weight excluding hydrogens is 294 g/mol. The zero-order valence-electron chi connectivity index (χ0n) is 13.7. The normalized spacial score (nSPS) is 20.7. The fourth-order valence-electron chi connectivity index (χ4n) is 3.00. The molecule has 1 unspecified atom stereocenters. The number of ether oxygens (including phenoxy) is 1. The van der Waals surface area contributed by atoms with Crippen molar-refractivity contribution < 1.29 is 9.53 Å². The molecule has 2 N–H and O–H groups in total. The number of aromatic nitrogens is 2. The van der Waals surface area contributed by atoms with Crippen molar-refractivity contribution in [3.63, 3.8) is 0 Å². The Morgan fingerprint density at radius 1 is 1.30 bits per heavy atom. The standard InChI is InChI=1S/C16H25N5O2/c1-12-11-14(21-8-2-3-9-21)20-16(19-12)18-7-6-17-15(22)13-5-4-10-23-13/h11,13H,2-10H2,1H3,(H,17,22)(H,18,19,20). The van der Waals surface area contributed by atoms with Gasteiger partial charge in [0.2, 0.25) is 11.9 Å². The lowest BCUT2D eigenvalue weighted by molar-refractivity contribution is -0.129. The van der Waals surface area contributed by atoms with Crippen LogP contribution in [0.5, 0.6) is 0 Å². The molecule has 0 bridgehead atoms. The number of nitrogens with zero attached hydrogens (tertiary/aromatic N) is 3. The molecule has 1 amide bonds. The molecule has 0 radical (unpaired) electrons. The summed E-state index contributed by atoms with van der Waals surface area (Å²) in [6.07, 6.45) is 3.96. The first-order chi connectivity index (χ1) is 11.2. The van der Waals surface area contributed by atoms with Crippen molar-refractivity contribution in [2.45, 2.75) is 38.7 Å². The van der Waals surface area contributed by atoms with E-state index in [9.17, 15) is 4.79 Å². The fourth-order valence-corrected chi connectivity index (χ4v) is 3.00. The molecular formula is C16H25N5O2. The molecule has 23 heavy (non-hydrogen) atoms. The van der Waals surface area contributed by atoms with Crippen LogP contribution in [0, 0.1) is 6.92 Å². The van der Waals surface area contributed by atoms with Crippen molar-refractivity contribution in [1.29, 1.82) is 0 Å². The van der Waals surface area contributed by atoms with Crippen LogP contribution in [0.15, 0.2) is 6.07 Å². The first-order valence-corrected chi connectivity index (χ1v) is 8.46. The third-order valence-electron chi connectivity index (χ3n) is 4.20. The molecule has 2 aliphatic heterocycles. The van der Waals surface area contributed by atoms with E-state index in [1.807, 2.05) is 13.0 Å². The third-order valence-corrected chi connectivity index (χ3v) is 4.20. The molecule has 3 rings (SSSR count). The second-order valence-electron chi connectivity index (χ2n) is 6.10. The highest BCUT2D eigenvalue weighted by atomic mass is 16.5. The van der Waals surface area contributed by atoms with Crippen molar-refractivity contribution in [2.75, 3.05) is 43.0 Å². The number of carbonyl (C=O) groups excluding carboxylic acids is 1. The maximum absolute atomic E-state index is 11.8. The number of anilines is 2. The van der Waals surface area contributed by atoms with E-state index in [1.165, 1.54) is 12.8 Å². The van der Waals surface area contributed by atoms with Crippen molar-refractivity contribution in [3.05, 3.63) is 11.8 Å². The van der Waals surface area contributed by atoms with Crippen LogP contribution in [0.1, 0.15) is 31.4 Å². The van der Waals surface area contributed by atoms with Gasteiger partial charge in [-0.05, 0) is 32.6 Å². The molecule has 3 heterocycles. The summed E-state index contributed by atoms with van der Waals surface area (Å²) in [4.78, 5) is 23.1. The molecule has 1 aromatic heterocycles. The van der Waals surface area contributed by atoms with Gasteiger partial charge in [-0.25, -0.2) is 4.98 Å². The number of carbonyl (C=O) groups is 1. The van der Waals surface area contributed by atoms with E-state index in [-0.39, 0.29) is 12.0 Å². The zero-order chi connectivity index (χ0) is 16.1. The Morgan fingerprint density at radius 3 is 2.87 bits per heavy atom. The Hall–Kier alpha value is -1.89. The Bertz CT molecular complexity index is 539. The van der Waals surface area contributed by atoms with Crippen molar-refractivity contribution >= 4 is 17.7 Å². The summed E-state index contributed by atoms with van der Waals surface area (Å²) in [5.41, 5.74) is 0.952. The average molecular weight is 319 g/mol. The van der Waals surface area contributed by atoms with Crippen molar-refractivity contribution in [3.8, 4) is 0 Å². The highest BCUT2D eigenvalue weighted by Crippen LogP contribution is 2.19. The van der Waals surface area contributed by atoms with Gasteiger partial charge in [-0.2, -0.15) is 4.98 Å². The Labute approximate surface area is 136 Å². The molecule has 0 aliphatic carbocycles. The molecule has 0 spiro atoms. The molecule has 7 heteroatoms. The van der Waals surface area contributed by atoms with E-state index >= 15 is 0 Å². The van der Waals surface area contributed by atoms with Crippen LogP contribution >= 0.6 is 0 Å². The van der Waals surface area contributed by atoms with E-state index < -0.39 is 0 Å². The molecule has 1 aromatic rings. The van der Waals surface area contributed by atoms with E-state index in [0.717, 1.165) is 37.4 Å². The van der Waals surface area contributed by atoms with Gasteiger partial charge in [0, 0.05) is 44.5 Å². The van der Waals surface area contributed by atoms with Gasteiger partial charge in [-0.15, -0.1) is 0 Å². The molecule has 0 aromatic carbocycles. The maximum Gasteiger partial charge on any atom is 0.249 e. The van der Waals surface area contributed by atoms with E-state index in [1.54, 1.807) is 0 Å². The van der Waals surface area contributed by atoms with Gasteiger partial charge >= 0.3 is 0 Å². The van der Waals surface area contributed by atoms with E-state index in [2.05, 4.69) is 25.5 Å². The molecule has 2 aliphatic rings. The highest BCUT2D eigenvalue weighted by molar-refractivity contribution is 5.80. The molecule has 2 saturated heterocycles. The van der Waals surface area contributed by atoms with Crippen LogP contribution in [0.25, 0.3) is 0 Å². The quantitative estimate of drug-likeness (QED) is 0.764. The van der Waals surface area contributed by atoms with Gasteiger partial charge in [-0.1, -0.05) is 0 Å². The number of nitrogens with one attached hydrogen (secondary N) is 2. The van der Waals surface area contributed by atoms with Gasteiger partial charge in [-0.3, -0.25) is 4.79 Å². The summed E-state index contributed by atoms with van der Waals surface area (Å²) in [5.74, 6) is 1.59. The maximum atomic E-state index is 11.8. The lowest BCUT2D eigenvalue weighted by Gasteiger charge is -2.18. The number of amides is 1. The van der Waals surface area contributed by atoms with Gasteiger partial charge in [0.15, 0.2) is 0 Å². The lowest BCUT2D eigenvalue weighted by atomic mass is 10.2. The fraction of sp³-hybridized carbons (Fsp3) is 0.688. The molecule has 2 fully saturated rings. The smallest absolute Gasteiger partial charge is 0.249 e. The molecule has 126 valence electrons. The minimum atomic E-state index is -0.271. The van der Waals surface area contributed by atoms with E-state index in [4.69, 9.17) is 4.74 Å². The largest absolute Gasteiger partial charge is 0.368 e. The van der Waals surface area contributed by atoms with Gasteiger partial charge in [0.1, 0.15) is 11.9 Å². The third kappa shape index (κ3) is 4.31. The predicted octanol–water partition coefficient (Wildman–Crippen LogP) is 1.09. The summed E-state index contributed by atoms with van der Waals surface area (Å²) in [6.45, 7) is 5.93. The first-order valence-electron chi connectivity index (χ1n) is 8.46. The van der Waals surface area contributed by atoms with Crippen LogP contribution < -0.4 is 15.5 Å². The van der Waals surface area contributed by atoms with Crippen LogP contribution in [0.2, 0.25) is 0 Å². The topological polar surface area (TPSA) is 79.4 Å². The molecule has 1 atom stereocenters. The highest BCUT2D eigenvalue weighted by Gasteiger charge is 2.22. The summed E-state index contributed by atoms with van der Waals surface area (Å²) in [5, 5.41) is 6.08. The summed E-state index contributed by atoms with van der Waals surface area (Å²) >= 11 is 0. The lowest BCUT2D eigenvalue weighted by Crippen LogP contribution is -2.37. The van der Waals surface area contributed by atoms with Crippen LogP contribution in [0.3, 0.4) is 0 Å². The van der Waals surface area contributed by atoms with E-state index in [0.29, 0.717) is 25.6 Å². The number of aryl methyl sites for hydroxylation is 1. The SMILES string of the molecule is Cc1cc(N2CCCC2)nc(NCCNC(=O)C2CCCO2)n1. The van der Waals surface area contributed by atoms with Crippen molar-refractivity contribution in [1.82, 2.24) is 15.3 Å². The van der Waals surface area contributed by atoms with Crippen LogP contribution in [-0.2, 0) is 9.53 Å². The Balaban J connectivity index is 1.46. The summed E-state index contributed by atoms with van der Waals surface area (Å²) in [7, 11) is 0. The number of rotatable bonds is 6. The van der Waals surface area contributed by atoms with Crippen molar-refractivity contribution in [2.24, 2.45) is 0 Å². The van der Waals surface area contributed by atoms with Gasteiger partial charge in [0.05, 0.1) is 0 Å².